The number of amides is 1. The lowest BCUT2D eigenvalue weighted by Gasteiger charge is -2.19. The van der Waals surface area contributed by atoms with E-state index in [1.165, 1.54) is 6.07 Å². The maximum absolute atomic E-state index is 13.8. The molecule has 0 saturated heterocycles. The van der Waals surface area contributed by atoms with Crippen LogP contribution in [-0.4, -0.2) is 32.1 Å². The topological polar surface area (TPSA) is 74.8 Å². The van der Waals surface area contributed by atoms with Crippen molar-refractivity contribution >= 4 is 11.9 Å². The van der Waals surface area contributed by atoms with E-state index in [0.717, 1.165) is 11.1 Å². The molecule has 0 aliphatic rings. The van der Waals surface area contributed by atoms with Crippen LogP contribution in [0.25, 0.3) is 0 Å². The number of carbonyl (C=O) groups is 1. The van der Waals surface area contributed by atoms with Crippen LogP contribution in [0.2, 0.25) is 0 Å². The monoisotopic (exact) mass is 400 g/mol. The molecular formula is C22H29FN4O2. The van der Waals surface area contributed by atoms with Gasteiger partial charge in [0.25, 0.3) is 5.91 Å². The minimum absolute atomic E-state index is 0.0153. The van der Waals surface area contributed by atoms with E-state index in [2.05, 4.69) is 20.9 Å². The highest BCUT2D eigenvalue weighted by Gasteiger charge is 2.10. The van der Waals surface area contributed by atoms with Crippen molar-refractivity contribution in [2.24, 2.45) is 4.99 Å². The summed E-state index contributed by atoms with van der Waals surface area (Å²) in [5, 5.41) is 9.18. The van der Waals surface area contributed by atoms with Gasteiger partial charge in [-0.3, -0.25) is 9.79 Å². The minimum Gasteiger partial charge on any atom is -0.484 e. The second-order valence-electron chi connectivity index (χ2n) is 6.69. The van der Waals surface area contributed by atoms with Crippen LogP contribution in [-0.2, 0) is 11.3 Å². The molecule has 0 spiro atoms. The quantitative estimate of drug-likeness (QED) is 0.470. The molecule has 1 amide bonds. The number of halogens is 1. The van der Waals surface area contributed by atoms with E-state index in [4.69, 9.17) is 4.74 Å². The van der Waals surface area contributed by atoms with Crippen LogP contribution in [0.5, 0.6) is 5.75 Å². The Morgan fingerprint density at radius 2 is 2.00 bits per heavy atom. The average Bonchev–Trinajstić information content (AvgIpc) is 2.72. The largest absolute Gasteiger partial charge is 0.484 e. The van der Waals surface area contributed by atoms with Crippen molar-refractivity contribution in [2.45, 2.75) is 33.4 Å². The number of carbonyl (C=O) groups excluding carboxylic acids is 1. The van der Waals surface area contributed by atoms with Gasteiger partial charge in [-0.15, -0.1) is 0 Å². The van der Waals surface area contributed by atoms with Crippen LogP contribution < -0.4 is 20.7 Å². The lowest BCUT2D eigenvalue weighted by atomic mass is 10.1. The molecule has 0 bridgehead atoms. The van der Waals surface area contributed by atoms with Gasteiger partial charge in [-0.05, 0) is 55.7 Å². The van der Waals surface area contributed by atoms with Crippen molar-refractivity contribution in [2.75, 3.05) is 20.2 Å². The highest BCUT2D eigenvalue weighted by atomic mass is 19.1. The number of guanidine groups is 1. The number of rotatable bonds is 8. The lowest BCUT2D eigenvalue weighted by molar-refractivity contribution is -0.122. The fourth-order valence-electron chi connectivity index (χ4n) is 2.69. The molecule has 3 N–H and O–H groups in total. The lowest BCUT2D eigenvalue weighted by Crippen LogP contribution is -2.38. The van der Waals surface area contributed by atoms with Crippen LogP contribution in [0.15, 0.2) is 47.5 Å². The van der Waals surface area contributed by atoms with Crippen molar-refractivity contribution in [1.82, 2.24) is 16.0 Å². The Morgan fingerprint density at radius 1 is 1.21 bits per heavy atom. The van der Waals surface area contributed by atoms with Gasteiger partial charge in [0, 0.05) is 20.1 Å². The third kappa shape index (κ3) is 7.10. The highest BCUT2D eigenvalue weighted by Crippen LogP contribution is 2.16. The van der Waals surface area contributed by atoms with Gasteiger partial charge < -0.3 is 20.7 Å². The number of aliphatic imine (C=N–C) groups is 1. The van der Waals surface area contributed by atoms with Crippen LogP contribution in [0.1, 0.15) is 36.6 Å². The number of hydrogen-bond acceptors (Lipinski definition) is 3. The first-order valence-electron chi connectivity index (χ1n) is 9.64. The van der Waals surface area contributed by atoms with Gasteiger partial charge in [0.2, 0.25) is 0 Å². The number of likely N-dealkylation sites (N-methyl/N-ethyl adjacent to an activating group) is 1. The van der Waals surface area contributed by atoms with Gasteiger partial charge >= 0.3 is 0 Å². The van der Waals surface area contributed by atoms with Gasteiger partial charge in [0.1, 0.15) is 11.6 Å². The molecule has 2 aromatic rings. The van der Waals surface area contributed by atoms with E-state index in [-0.39, 0.29) is 24.4 Å². The molecule has 2 rings (SSSR count). The third-order valence-electron chi connectivity index (χ3n) is 4.38. The van der Waals surface area contributed by atoms with E-state index >= 15 is 0 Å². The van der Waals surface area contributed by atoms with Crippen LogP contribution >= 0.6 is 0 Å². The molecule has 0 heterocycles. The Morgan fingerprint density at radius 3 is 2.69 bits per heavy atom. The summed E-state index contributed by atoms with van der Waals surface area (Å²) in [6, 6.07) is 12.6. The average molecular weight is 400 g/mol. The maximum atomic E-state index is 13.8. The second-order valence-corrected chi connectivity index (χ2v) is 6.69. The Labute approximate surface area is 171 Å². The van der Waals surface area contributed by atoms with Gasteiger partial charge in [0.15, 0.2) is 12.6 Å². The van der Waals surface area contributed by atoms with E-state index in [1.54, 1.807) is 20.0 Å². The molecular weight excluding hydrogens is 371 g/mol. The molecule has 6 nitrogen and oxygen atoms in total. The molecule has 1 unspecified atom stereocenters. The predicted octanol–water partition coefficient (Wildman–Crippen LogP) is 3.08. The zero-order chi connectivity index (χ0) is 21.2. The molecule has 2 aromatic carbocycles. The Hall–Kier alpha value is -3.09. The zero-order valence-electron chi connectivity index (χ0n) is 17.4. The van der Waals surface area contributed by atoms with Gasteiger partial charge in [-0.2, -0.15) is 0 Å². The first-order chi connectivity index (χ1) is 13.9. The summed E-state index contributed by atoms with van der Waals surface area (Å²) in [6.07, 6.45) is 0. The van der Waals surface area contributed by atoms with Crippen molar-refractivity contribution < 1.29 is 13.9 Å². The summed E-state index contributed by atoms with van der Waals surface area (Å²) in [5.41, 5.74) is 2.45. The molecule has 156 valence electrons. The van der Waals surface area contributed by atoms with E-state index in [9.17, 15) is 9.18 Å². The number of hydrogen-bond donors (Lipinski definition) is 3. The van der Waals surface area contributed by atoms with Crippen LogP contribution in [0.3, 0.4) is 0 Å². The molecule has 0 radical (unpaired) electrons. The SMILES string of the molecule is CCNC(=O)COc1cccc(CNC(=NC)NC(C)c2ccc(C)c(F)c2)c1. The molecule has 0 saturated carbocycles. The van der Waals surface area contributed by atoms with Crippen molar-refractivity contribution in [3.05, 3.63) is 65.0 Å². The first kappa shape index (κ1) is 22.2. The smallest absolute Gasteiger partial charge is 0.257 e. The normalized spacial score (nSPS) is 12.2. The van der Waals surface area contributed by atoms with E-state index < -0.39 is 0 Å². The summed E-state index contributed by atoms with van der Waals surface area (Å²) in [5.74, 6) is 0.861. The third-order valence-corrected chi connectivity index (χ3v) is 4.38. The highest BCUT2D eigenvalue weighted by molar-refractivity contribution is 5.80. The molecule has 0 aliphatic heterocycles. The fraction of sp³-hybridized carbons (Fsp3) is 0.364. The van der Waals surface area contributed by atoms with Crippen molar-refractivity contribution in [1.29, 1.82) is 0 Å². The number of benzene rings is 2. The zero-order valence-corrected chi connectivity index (χ0v) is 17.4. The summed E-state index contributed by atoms with van der Waals surface area (Å²) in [6.45, 7) is 6.64. The van der Waals surface area contributed by atoms with Crippen LogP contribution in [0, 0.1) is 12.7 Å². The summed E-state index contributed by atoms with van der Waals surface area (Å²) >= 11 is 0. The summed E-state index contributed by atoms with van der Waals surface area (Å²) in [7, 11) is 1.68. The molecule has 0 fully saturated rings. The fourth-order valence-corrected chi connectivity index (χ4v) is 2.69. The second kappa shape index (κ2) is 11.0. The molecule has 29 heavy (non-hydrogen) atoms. The maximum Gasteiger partial charge on any atom is 0.257 e. The number of ether oxygens (including phenoxy) is 1. The predicted molar refractivity (Wildman–Crippen MR) is 114 cm³/mol. The van der Waals surface area contributed by atoms with E-state index in [0.29, 0.717) is 30.4 Å². The number of nitrogens with zero attached hydrogens (tertiary/aromatic N) is 1. The van der Waals surface area contributed by atoms with Crippen LogP contribution in [0.4, 0.5) is 4.39 Å². The Kier molecular flexibility index (Phi) is 8.45. The first-order valence-corrected chi connectivity index (χ1v) is 9.64. The van der Waals surface area contributed by atoms with E-state index in [1.807, 2.05) is 44.2 Å². The Bertz CT molecular complexity index is 854. The molecule has 7 heteroatoms. The minimum atomic E-state index is -0.219. The number of aryl methyl sites for hydroxylation is 1. The van der Waals surface area contributed by atoms with Crippen molar-refractivity contribution in [3.8, 4) is 5.75 Å². The molecule has 0 aliphatic carbocycles. The van der Waals surface area contributed by atoms with Crippen molar-refractivity contribution in [3.63, 3.8) is 0 Å². The number of nitrogens with one attached hydrogen (secondary N) is 3. The van der Waals surface area contributed by atoms with Gasteiger partial charge in [0.05, 0.1) is 6.04 Å². The molecule has 1 atom stereocenters. The molecule has 0 aromatic heterocycles. The summed E-state index contributed by atoms with van der Waals surface area (Å²) in [4.78, 5) is 15.7. The van der Waals surface area contributed by atoms with Gasteiger partial charge in [-0.1, -0.05) is 24.3 Å². The summed E-state index contributed by atoms with van der Waals surface area (Å²) < 4.78 is 19.3. The Balaban J connectivity index is 1.91. The standard InChI is InChI=1S/C22H29FN4O2/c1-5-25-21(28)14-29-19-8-6-7-17(11-19)13-26-22(24-4)27-16(3)18-10-9-15(2)20(23)12-18/h6-12,16H,5,13-14H2,1-4H3,(H,25,28)(H2,24,26,27). The van der Waals surface area contributed by atoms with Gasteiger partial charge in [-0.25, -0.2) is 4.39 Å².